The van der Waals surface area contributed by atoms with Crippen molar-refractivity contribution in [2.45, 2.75) is 32.5 Å². The van der Waals surface area contributed by atoms with Crippen molar-refractivity contribution in [3.05, 3.63) is 35.0 Å². The molecule has 0 aliphatic rings. The molecule has 0 fully saturated rings. The summed E-state index contributed by atoms with van der Waals surface area (Å²) in [6.07, 6.45) is -4.40. The van der Waals surface area contributed by atoms with Gasteiger partial charge < -0.3 is 10.7 Å². The summed E-state index contributed by atoms with van der Waals surface area (Å²) in [4.78, 5) is 2.42. The fourth-order valence-corrected chi connectivity index (χ4v) is 2.08. The second kappa shape index (κ2) is 4.31. The van der Waals surface area contributed by atoms with Crippen LogP contribution in [0, 0.1) is 0 Å². The minimum Gasteiger partial charge on any atom is -0.351 e. The quantitative estimate of drug-likeness (QED) is 0.843. The maximum absolute atomic E-state index is 12.8. The number of alkyl halides is 3. The van der Waals surface area contributed by atoms with E-state index in [1.54, 1.807) is 12.1 Å². The standard InChI is InChI=1S/C13H15F3N2/c1-7(2)8-3-4-11-9(5-8)10(6-17)12(18-11)13(14,15)16/h3-5,7,18H,6,17H2,1-2H3. The van der Waals surface area contributed by atoms with Gasteiger partial charge in [-0.2, -0.15) is 13.2 Å². The van der Waals surface area contributed by atoms with Gasteiger partial charge in [-0.05, 0) is 23.6 Å². The number of nitrogens with one attached hydrogen (secondary N) is 1. The molecular weight excluding hydrogens is 241 g/mol. The first-order valence-electron chi connectivity index (χ1n) is 5.76. The number of aromatic nitrogens is 1. The van der Waals surface area contributed by atoms with Gasteiger partial charge in [0, 0.05) is 23.0 Å². The number of hydrogen-bond donors (Lipinski definition) is 2. The van der Waals surface area contributed by atoms with E-state index < -0.39 is 11.9 Å². The molecule has 98 valence electrons. The Labute approximate surface area is 103 Å². The predicted octanol–water partition coefficient (Wildman–Crippen LogP) is 3.77. The number of hydrogen-bond acceptors (Lipinski definition) is 1. The summed E-state index contributed by atoms with van der Waals surface area (Å²) in [5.41, 5.74) is 6.35. The number of halogens is 3. The first-order chi connectivity index (χ1) is 8.34. The van der Waals surface area contributed by atoms with Crippen LogP contribution in [0.15, 0.2) is 18.2 Å². The van der Waals surface area contributed by atoms with E-state index in [1.807, 2.05) is 19.9 Å². The highest BCUT2D eigenvalue weighted by molar-refractivity contribution is 5.85. The number of rotatable bonds is 2. The van der Waals surface area contributed by atoms with E-state index in [1.165, 1.54) is 0 Å². The molecule has 0 saturated heterocycles. The van der Waals surface area contributed by atoms with E-state index in [0.29, 0.717) is 10.9 Å². The molecule has 5 heteroatoms. The molecule has 1 aromatic heterocycles. The van der Waals surface area contributed by atoms with Crippen LogP contribution in [0.1, 0.15) is 36.6 Å². The van der Waals surface area contributed by atoms with Gasteiger partial charge in [-0.1, -0.05) is 19.9 Å². The second-order valence-corrected chi connectivity index (χ2v) is 4.64. The maximum Gasteiger partial charge on any atom is 0.431 e. The van der Waals surface area contributed by atoms with E-state index in [4.69, 9.17) is 5.73 Å². The third-order valence-corrected chi connectivity index (χ3v) is 3.08. The molecule has 0 saturated carbocycles. The van der Waals surface area contributed by atoms with Gasteiger partial charge in [0.15, 0.2) is 0 Å². The zero-order chi connectivity index (χ0) is 13.5. The maximum atomic E-state index is 12.8. The fraction of sp³-hybridized carbons (Fsp3) is 0.385. The van der Waals surface area contributed by atoms with Crippen LogP contribution >= 0.6 is 0 Å². The SMILES string of the molecule is CC(C)c1ccc2[nH]c(C(F)(F)F)c(CN)c2c1. The van der Waals surface area contributed by atoms with Crippen LogP contribution in [-0.4, -0.2) is 4.98 Å². The Morgan fingerprint density at radius 2 is 1.94 bits per heavy atom. The van der Waals surface area contributed by atoms with Crippen molar-refractivity contribution in [3.8, 4) is 0 Å². The number of nitrogens with two attached hydrogens (primary N) is 1. The normalized spacial score (nSPS) is 12.6. The van der Waals surface area contributed by atoms with Crippen molar-refractivity contribution >= 4 is 10.9 Å². The van der Waals surface area contributed by atoms with Crippen molar-refractivity contribution in [1.29, 1.82) is 0 Å². The van der Waals surface area contributed by atoms with Gasteiger partial charge in [-0.3, -0.25) is 0 Å². The zero-order valence-electron chi connectivity index (χ0n) is 10.2. The largest absolute Gasteiger partial charge is 0.431 e. The zero-order valence-corrected chi connectivity index (χ0v) is 10.2. The summed E-state index contributed by atoms with van der Waals surface area (Å²) in [6, 6.07) is 5.30. The third kappa shape index (κ3) is 2.10. The lowest BCUT2D eigenvalue weighted by atomic mass is 10.00. The molecule has 18 heavy (non-hydrogen) atoms. The minimum absolute atomic E-state index is 0.129. The molecule has 0 aliphatic heterocycles. The molecule has 0 atom stereocenters. The lowest BCUT2D eigenvalue weighted by molar-refractivity contribution is -0.141. The summed E-state index contributed by atoms with van der Waals surface area (Å²) in [5, 5.41) is 0.566. The highest BCUT2D eigenvalue weighted by Crippen LogP contribution is 2.36. The fourth-order valence-electron chi connectivity index (χ4n) is 2.08. The highest BCUT2D eigenvalue weighted by Gasteiger charge is 2.35. The molecule has 2 rings (SSSR count). The summed E-state index contributed by atoms with van der Waals surface area (Å²) in [5.74, 6) is 0.268. The third-order valence-electron chi connectivity index (χ3n) is 3.08. The van der Waals surface area contributed by atoms with Gasteiger partial charge in [0.05, 0.1) is 0 Å². The van der Waals surface area contributed by atoms with Crippen molar-refractivity contribution in [2.75, 3.05) is 0 Å². The highest BCUT2D eigenvalue weighted by atomic mass is 19.4. The van der Waals surface area contributed by atoms with Crippen LogP contribution in [0.4, 0.5) is 13.2 Å². The average Bonchev–Trinajstić information content (AvgIpc) is 2.65. The molecule has 0 aliphatic carbocycles. The molecule has 0 amide bonds. The van der Waals surface area contributed by atoms with Crippen LogP contribution in [0.25, 0.3) is 10.9 Å². The molecule has 2 nitrogen and oxygen atoms in total. The van der Waals surface area contributed by atoms with Crippen molar-refractivity contribution in [3.63, 3.8) is 0 Å². The molecule has 0 radical (unpaired) electrons. The lowest BCUT2D eigenvalue weighted by Crippen LogP contribution is -2.11. The topological polar surface area (TPSA) is 41.8 Å². The first-order valence-corrected chi connectivity index (χ1v) is 5.76. The van der Waals surface area contributed by atoms with Gasteiger partial charge in [0.25, 0.3) is 0 Å². The van der Waals surface area contributed by atoms with E-state index in [0.717, 1.165) is 5.56 Å². The van der Waals surface area contributed by atoms with Crippen LogP contribution in [0.5, 0.6) is 0 Å². The van der Waals surface area contributed by atoms with E-state index in [2.05, 4.69) is 4.98 Å². The van der Waals surface area contributed by atoms with Gasteiger partial charge in [0.2, 0.25) is 0 Å². The Balaban J connectivity index is 2.71. The molecule has 2 aromatic rings. The molecule has 1 heterocycles. The smallest absolute Gasteiger partial charge is 0.351 e. The Morgan fingerprint density at radius 1 is 1.28 bits per heavy atom. The van der Waals surface area contributed by atoms with E-state index >= 15 is 0 Å². The number of benzene rings is 1. The molecule has 3 N–H and O–H groups in total. The van der Waals surface area contributed by atoms with E-state index in [9.17, 15) is 13.2 Å². The Bertz CT molecular complexity index is 567. The lowest BCUT2D eigenvalue weighted by Gasteiger charge is -2.07. The van der Waals surface area contributed by atoms with Crippen molar-refractivity contribution in [1.82, 2.24) is 4.98 Å². The summed E-state index contributed by atoms with van der Waals surface area (Å²) >= 11 is 0. The molecule has 1 aromatic carbocycles. The second-order valence-electron chi connectivity index (χ2n) is 4.64. The van der Waals surface area contributed by atoms with Crippen LogP contribution in [-0.2, 0) is 12.7 Å². The Morgan fingerprint density at radius 3 is 2.44 bits per heavy atom. The number of H-pyrrole nitrogens is 1. The average molecular weight is 256 g/mol. The van der Waals surface area contributed by atoms with E-state index in [-0.39, 0.29) is 18.0 Å². The molecular formula is C13H15F3N2. The van der Waals surface area contributed by atoms with Gasteiger partial charge >= 0.3 is 6.18 Å². The first kappa shape index (κ1) is 13.0. The number of fused-ring (bicyclic) bond motifs is 1. The Kier molecular flexibility index (Phi) is 3.11. The van der Waals surface area contributed by atoms with Crippen molar-refractivity contribution in [2.24, 2.45) is 5.73 Å². The molecule has 0 bridgehead atoms. The van der Waals surface area contributed by atoms with Gasteiger partial charge in [0.1, 0.15) is 5.69 Å². The van der Waals surface area contributed by atoms with Gasteiger partial charge in [-0.15, -0.1) is 0 Å². The number of aromatic amines is 1. The van der Waals surface area contributed by atoms with Gasteiger partial charge in [-0.25, -0.2) is 0 Å². The summed E-state index contributed by atoms with van der Waals surface area (Å²) in [6.45, 7) is 3.87. The van der Waals surface area contributed by atoms with Crippen LogP contribution in [0.3, 0.4) is 0 Å². The summed E-state index contributed by atoms with van der Waals surface area (Å²) < 4.78 is 38.5. The summed E-state index contributed by atoms with van der Waals surface area (Å²) in [7, 11) is 0. The molecule has 0 unspecified atom stereocenters. The minimum atomic E-state index is -4.40. The van der Waals surface area contributed by atoms with Crippen LogP contribution in [0.2, 0.25) is 0 Å². The van der Waals surface area contributed by atoms with Crippen LogP contribution < -0.4 is 5.73 Å². The Hall–Kier alpha value is -1.49. The van der Waals surface area contributed by atoms with Crippen molar-refractivity contribution < 1.29 is 13.2 Å². The predicted molar refractivity (Wildman–Crippen MR) is 65.3 cm³/mol. The monoisotopic (exact) mass is 256 g/mol. The molecule has 0 spiro atoms.